The van der Waals surface area contributed by atoms with Crippen molar-refractivity contribution in [2.45, 2.75) is 26.2 Å². The molecule has 8 heteroatoms. The van der Waals surface area contributed by atoms with Crippen molar-refractivity contribution in [2.24, 2.45) is 5.10 Å². The Morgan fingerprint density at radius 3 is 2.55 bits per heavy atom. The number of nitrogens with one attached hydrogen (secondary N) is 1. The molecule has 2 aromatic carbocycles. The summed E-state index contributed by atoms with van der Waals surface area (Å²) in [6.07, 6.45) is 1.99. The highest BCUT2D eigenvalue weighted by Crippen LogP contribution is 2.29. The van der Waals surface area contributed by atoms with Crippen molar-refractivity contribution in [1.82, 2.24) is 5.01 Å². The van der Waals surface area contributed by atoms with Gasteiger partial charge in [0.25, 0.3) is 0 Å². The maximum atomic E-state index is 12.3. The normalized spacial score (nSPS) is 13.6. The second kappa shape index (κ2) is 10.9. The molecule has 0 fully saturated rings. The summed E-state index contributed by atoms with van der Waals surface area (Å²) in [5, 5.41) is 8.91. The van der Waals surface area contributed by atoms with Crippen LogP contribution in [0.15, 0.2) is 47.6 Å². The maximum absolute atomic E-state index is 12.3. The molecule has 0 bridgehead atoms. The summed E-state index contributed by atoms with van der Waals surface area (Å²) in [4.78, 5) is 24.0. The quantitative estimate of drug-likeness (QED) is 0.617. The molecule has 164 valence electrons. The number of benzene rings is 2. The second-order valence-corrected chi connectivity index (χ2v) is 7.97. The van der Waals surface area contributed by atoms with Crippen LogP contribution in [0.5, 0.6) is 11.5 Å². The highest BCUT2D eigenvalue weighted by Gasteiger charge is 2.22. The zero-order chi connectivity index (χ0) is 22.2. The fourth-order valence-corrected chi connectivity index (χ4v) is 3.92. The van der Waals surface area contributed by atoms with Gasteiger partial charge in [0.05, 0.1) is 19.9 Å². The first-order chi connectivity index (χ1) is 15.0. The number of anilines is 1. The lowest BCUT2D eigenvalue weighted by molar-refractivity contribution is -0.116. The summed E-state index contributed by atoms with van der Waals surface area (Å²) < 4.78 is 10.7. The number of methoxy groups -OCH3 is 2. The Bertz CT molecular complexity index is 960. The van der Waals surface area contributed by atoms with E-state index in [0.717, 1.165) is 28.9 Å². The average molecular weight is 442 g/mol. The minimum absolute atomic E-state index is 0.0169. The van der Waals surface area contributed by atoms with E-state index in [1.54, 1.807) is 14.2 Å². The van der Waals surface area contributed by atoms with E-state index in [1.807, 2.05) is 49.4 Å². The van der Waals surface area contributed by atoms with Gasteiger partial charge < -0.3 is 14.8 Å². The third-order valence-electron chi connectivity index (χ3n) is 4.83. The molecular weight excluding hydrogens is 414 g/mol. The van der Waals surface area contributed by atoms with E-state index in [-0.39, 0.29) is 11.1 Å². The Balaban J connectivity index is 1.65. The number of hydrazone groups is 1. The fraction of sp³-hybridized carbons (Fsp3) is 0.348. The lowest BCUT2D eigenvalue weighted by atomic mass is 10.1. The van der Waals surface area contributed by atoms with Crippen LogP contribution in [0.2, 0.25) is 0 Å². The van der Waals surface area contributed by atoms with Gasteiger partial charge in [-0.3, -0.25) is 9.59 Å². The van der Waals surface area contributed by atoms with Gasteiger partial charge in [0.15, 0.2) is 11.5 Å². The monoisotopic (exact) mass is 441 g/mol. The largest absolute Gasteiger partial charge is 0.493 e. The summed E-state index contributed by atoms with van der Waals surface area (Å²) in [7, 11) is 3.19. The van der Waals surface area contributed by atoms with Crippen molar-refractivity contribution in [2.75, 3.05) is 31.8 Å². The van der Waals surface area contributed by atoms with Crippen LogP contribution in [-0.2, 0) is 11.2 Å². The highest BCUT2D eigenvalue weighted by atomic mass is 32.2. The van der Waals surface area contributed by atoms with E-state index < -0.39 is 0 Å². The van der Waals surface area contributed by atoms with Crippen molar-refractivity contribution >= 4 is 34.3 Å². The van der Waals surface area contributed by atoms with Crippen LogP contribution in [0.3, 0.4) is 0 Å². The Hall–Kier alpha value is -3.00. The number of ether oxygens (including phenoxy) is 2. The number of carbonyl (C=O) groups excluding carboxylic acids is 2. The van der Waals surface area contributed by atoms with Gasteiger partial charge in [0.1, 0.15) is 0 Å². The number of hydrogen-bond donors (Lipinski definition) is 1. The molecule has 1 N–H and O–H groups in total. The van der Waals surface area contributed by atoms with Crippen molar-refractivity contribution in [1.29, 1.82) is 0 Å². The molecule has 0 aliphatic carbocycles. The Kier molecular flexibility index (Phi) is 7.94. The van der Waals surface area contributed by atoms with E-state index in [1.165, 1.54) is 16.8 Å². The van der Waals surface area contributed by atoms with Crippen LogP contribution >= 0.6 is 11.8 Å². The molecule has 0 saturated heterocycles. The van der Waals surface area contributed by atoms with Crippen molar-refractivity contribution < 1.29 is 19.1 Å². The number of amides is 2. The zero-order valence-corrected chi connectivity index (χ0v) is 18.8. The average Bonchev–Trinajstić information content (AvgIpc) is 2.79. The van der Waals surface area contributed by atoms with Crippen LogP contribution in [0.4, 0.5) is 10.5 Å². The molecular formula is C23H27N3O4S. The van der Waals surface area contributed by atoms with E-state index in [0.29, 0.717) is 36.6 Å². The van der Waals surface area contributed by atoms with Gasteiger partial charge in [0, 0.05) is 30.0 Å². The summed E-state index contributed by atoms with van der Waals surface area (Å²) in [5.41, 5.74) is 3.56. The number of nitrogens with zero attached hydrogens (tertiary/aromatic N) is 2. The van der Waals surface area contributed by atoms with Crippen LogP contribution in [-0.4, -0.2) is 48.4 Å². The van der Waals surface area contributed by atoms with Crippen LogP contribution < -0.4 is 14.8 Å². The molecule has 1 heterocycles. The van der Waals surface area contributed by atoms with E-state index in [4.69, 9.17) is 9.47 Å². The number of carbonyl (C=O) groups is 2. The van der Waals surface area contributed by atoms with Crippen molar-refractivity contribution in [3.63, 3.8) is 0 Å². The van der Waals surface area contributed by atoms with Gasteiger partial charge in [-0.25, -0.2) is 5.01 Å². The topological polar surface area (TPSA) is 80.2 Å². The third-order valence-corrected chi connectivity index (χ3v) is 5.70. The number of hydrogen-bond acceptors (Lipinski definition) is 6. The van der Waals surface area contributed by atoms with Crippen molar-refractivity contribution in [3.8, 4) is 11.5 Å². The van der Waals surface area contributed by atoms with Gasteiger partial charge in [-0.15, -0.1) is 0 Å². The third kappa shape index (κ3) is 6.01. The molecule has 1 aliphatic rings. The summed E-state index contributed by atoms with van der Waals surface area (Å²) in [5.74, 6) is 1.81. The Morgan fingerprint density at radius 2 is 1.87 bits per heavy atom. The molecule has 2 aromatic rings. The molecule has 31 heavy (non-hydrogen) atoms. The molecule has 1 aliphatic heterocycles. The van der Waals surface area contributed by atoms with Crippen LogP contribution in [0, 0.1) is 0 Å². The number of rotatable bonds is 9. The van der Waals surface area contributed by atoms with Gasteiger partial charge in [-0.1, -0.05) is 30.8 Å². The van der Waals surface area contributed by atoms with Gasteiger partial charge in [0.2, 0.25) is 5.91 Å². The minimum Gasteiger partial charge on any atom is -0.493 e. The van der Waals surface area contributed by atoms with Crippen LogP contribution in [0.25, 0.3) is 0 Å². The van der Waals surface area contributed by atoms with Crippen molar-refractivity contribution in [3.05, 3.63) is 53.6 Å². The predicted octanol–water partition coefficient (Wildman–Crippen LogP) is 4.56. The Labute approximate surface area is 186 Å². The predicted molar refractivity (Wildman–Crippen MR) is 124 cm³/mol. The molecule has 0 saturated carbocycles. The smallest absolute Gasteiger partial charge is 0.302 e. The maximum Gasteiger partial charge on any atom is 0.302 e. The molecule has 0 radical (unpaired) electrons. The molecule has 7 nitrogen and oxygen atoms in total. The lowest BCUT2D eigenvalue weighted by Crippen LogP contribution is -2.31. The molecule has 2 amide bonds. The first kappa shape index (κ1) is 22.7. The molecule has 0 aromatic heterocycles. The summed E-state index contributed by atoms with van der Waals surface area (Å²) in [6, 6.07) is 13.3. The van der Waals surface area contributed by atoms with Gasteiger partial charge >= 0.3 is 5.24 Å². The first-order valence-electron chi connectivity index (χ1n) is 10.2. The van der Waals surface area contributed by atoms with E-state index in [9.17, 15) is 9.59 Å². The molecule has 3 rings (SSSR count). The molecule has 0 unspecified atom stereocenters. The minimum atomic E-state index is -0.0623. The van der Waals surface area contributed by atoms with E-state index >= 15 is 0 Å². The summed E-state index contributed by atoms with van der Waals surface area (Å²) in [6.45, 7) is 2.45. The number of thioether (sulfide) groups is 1. The zero-order valence-electron chi connectivity index (χ0n) is 18.0. The lowest BCUT2D eigenvalue weighted by Gasteiger charge is -2.23. The SMILES string of the molecule is CCCC(=O)Nc1ccc(CCN2N=C(c3ccc(OC)c(OC)c3)CSC2=O)cc1. The molecule has 0 spiro atoms. The Morgan fingerprint density at radius 1 is 1.13 bits per heavy atom. The van der Waals surface area contributed by atoms with Gasteiger partial charge in [-0.2, -0.15) is 5.10 Å². The fourth-order valence-electron chi connectivity index (χ4n) is 3.16. The summed E-state index contributed by atoms with van der Waals surface area (Å²) >= 11 is 1.24. The first-order valence-corrected chi connectivity index (χ1v) is 11.2. The second-order valence-electron chi connectivity index (χ2n) is 7.04. The highest BCUT2D eigenvalue weighted by molar-refractivity contribution is 8.14. The molecule has 0 atom stereocenters. The van der Waals surface area contributed by atoms with E-state index in [2.05, 4.69) is 10.4 Å². The van der Waals surface area contributed by atoms with Crippen LogP contribution in [0.1, 0.15) is 30.9 Å². The standard InChI is InChI=1S/C23H27N3O4S/c1-4-5-22(27)24-18-9-6-16(7-10-18)12-13-26-23(28)31-15-19(25-26)17-8-11-20(29-2)21(14-17)30-3/h6-11,14H,4-5,12-13,15H2,1-3H3,(H,24,27). The van der Waals surface area contributed by atoms with Gasteiger partial charge in [-0.05, 0) is 48.7 Å².